The van der Waals surface area contributed by atoms with Crippen molar-refractivity contribution in [3.63, 3.8) is 0 Å². The zero-order valence-corrected chi connectivity index (χ0v) is 14.3. The van der Waals surface area contributed by atoms with E-state index >= 15 is 0 Å². The molecule has 0 heterocycles. The number of nitrogens with one attached hydrogen (secondary N) is 1. The lowest BCUT2D eigenvalue weighted by Gasteiger charge is -2.38. The normalized spacial score (nSPS) is 31.3. The van der Waals surface area contributed by atoms with Gasteiger partial charge < -0.3 is 10.1 Å². The lowest BCUT2D eigenvalue weighted by molar-refractivity contribution is -0.150. The van der Waals surface area contributed by atoms with Gasteiger partial charge in [0, 0.05) is 22.4 Å². The van der Waals surface area contributed by atoms with Crippen molar-refractivity contribution in [2.45, 2.75) is 78.4 Å². The maximum Gasteiger partial charge on any atom is 0.333 e. The molecule has 0 aromatic rings. The first-order valence-electron chi connectivity index (χ1n) is 8.34. The number of carbonyl (C=O) groups is 2. The van der Waals surface area contributed by atoms with E-state index < -0.39 is 5.41 Å². The Morgan fingerprint density at radius 3 is 2.32 bits per heavy atom. The van der Waals surface area contributed by atoms with Gasteiger partial charge >= 0.3 is 5.97 Å². The van der Waals surface area contributed by atoms with Crippen LogP contribution in [-0.2, 0) is 14.3 Å². The first-order valence-corrected chi connectivity index (χ1v) is 8.34. The summed E-state index contributed by atoms with van der Waals surface area (Å²) in [6.07, 6.45) is 5.95. The molecular formula is C18H29NO3. The summed E-state index contributed by atoms with van der Waals surface area (Å²) in [6.45, 7) is 11.1. The molecule has 2 aliphatic rings. The molecule has 4 heteroatoms. The Labute approximate surface area is 133 Å². The fourth-order valence-electron chi connectivity index (χ4n) is 3.84. The van der Waals surface area contributed by atoms with E-state index in [0.717, 1.165) is 38.5 Å². The SMILES string of the molecule is C=C(C)C(=O)O[C@@H]1CCC[C@@]12CCC[C@H]2NC(=O)C(C)(C)C. The summed E-state index contributed by atoms with van der Waals surface area (Å²) in [5, 5.41) is 3.23. The highest BCUT2D eigenvalue weighted by molar-refractivity contribution is 5.87. The van der Waals surface area contributed by atoms with Crippen molar-refractivity contribution in [3.8, 4) is 0 Å². The highest BCUT2D eigenvalue weighted by Crippen LogP contribution is 2.52. The fraction of sp³-hybridized carbons (Fsp3) is 0.778. The van der Waals surface area contributed by atoms with Crippen LogP contribution in [-0.4, -0.2) is 24.0 Å². The van der Waals surface area contributed by atoms with Gasteiger partial charge in [0.1, 0.15) is 6.10 Å². The lowest BCUT2D eigenvalue weighted by atomic mass is 9.78. The van der Waals surface area contributed by atoms with E-state index in [4.69, 9.17) is 4.74 Å². The molecule has 0 bridgehead atoms. The first kappa shape index (κ1) is 17.0. The molecule has 4 nitrogen and oxygen atoms in total. The van der Waals surface area contributed by atoms with E-state index in [0.29, 0.717) is 5.57 Å². The standard InChI is InChI=1S/C18H29NO3/c1-12(2)15(20)22-14-9-7-11-18(14)10-6-8-13(18)19-16(21)17(3,4)5/h13-14H,1,6-11H2,2-5H3,(H,19,21)/t13-,14-,18-/m1/s1. The molecule has 1 amide bonds. The third-order valence-electron chi connectivity index (χ3n) is 5.16. The van der Waals surface area contributed by atoms with Gasteiger partial charge in [-0.1, -0.05) is 33.8 Å². The topological polar surface area (TPSA) is 55.4 Å². The number of carbonyl (C=O) groups excluding carboxylic acids is 2. The summed E-state index contributed by atoms with van der Waals surface area (Å²) in [7, 11) is 0. The molecule has 124 valence electrons. The van der Waals surface area contributed by atoms with Gasteiger partial charge in [0.25, 0.3) is 0 Å². The average Bonchev–Trinajstić information content (AvgIpc) is 2.98. The molecule has 3 atom stereocenters. The third-order valence-corrected chi connectivity index (χ3v) is 5.16. The Hall–Kier alpha value is -1.32. The summed E-state index contributed by atoms with van der Waals surface area (Å²) in [5.41, 5.74) is -0.0338. The molecule has 0 aliphatic heterocycles. The van der Waals surface area contributed by atoms with E-state index in [1.54, 1.807) is 6.92 Å². The van der Waals surface area contributed by atoms with Gasteiger partial charge in [-0.3, -0.25) is 4.79 Å². The van der Waals surface area contributed by atoms with Crippen LogP contribution in [0.5, 0.6) is 0 Å². The van der Waals surface area contributed by atoms with Gasteiger partial charge in [0.05, 0.1) is 0 Å². The zero-order valence-electron chi connectivity index (χ0n) is 14.3. The van der Waals surface area contributed by atoms with Gasteiger partial charge in [0.2, 0.25) is 5.91 Å². The van der Waals surface area contributed by atoms with Crippen molar-refractivity contribution in [2.24, 2.45) is 10.8 Å². The van der Waals surface area contributed by atoms with Gasteiger partial charge in [-0.15, -0.1) is 0 Å². The smallest absolute Gasteiger partial charge is 0.333 e. The van der Waals surface area contributed by atoms with Crippen LogP contribution in [0.4, 0.5) is 0 Å². The minimum Gasteiger partial charge on any atom is -0.458 e. The molecule has 2 fully saturated rings. The number of hydrogen-bond acceptors (Lipinski definition) is 3. The highest BCUT2D eigenvalue weighted by Gasteiger charge is 2.53. The van der Waals surface area contributed by atoms with Gasteiger partial charge in [-0.2, -0.15) is 0 Å². The predicted molar refractivity (Wildman–Crippen MR) is 86.2 cm³/mol. The predicted octanol–water partition coefficient (Wildman–Crippen LogP) is 3.36. The molecule has 2 aliphatic carbocycles. The van der Waals surface area contributed by atoms with E-state index in [1.165, 1.54) is 0 Å². The average molecular weight is 307 g/mol. The zero-order chi connectivity index (χ0) is 16.5. The molecule has 22 heavy (non-hydrogen) atoms. The van der Waals surface area contributed by atoms with E-state index in [2.05, 4.69) is 11.9 Å². The largest absolute Gasteiger partial charge is 0.458 e. The number of hydrogen-bond donors (Lipinski definition) is 1. The number of rotatable bonds is 3. The second-order valence-corrected chi connectivity index (χ2v) is 7.97. The highest BCUT2D eigenvalue weighted by atomic mass is 16.5. The maximum atomic E-state index is 12.4. The third kappa shape index (κ3) is 3.21. The van der Waals surface area contributed by atoms with Crippen LogP contribution in [0.15, 0.2) is 12.2 Å². The van der Waals surface area contributed by atoms with Crippen LogP contribution in [0.25, 0.3) is 0 Å². The van der Waals surface area contributed by atoms with Crippen LogP contribution in [0, 0.1) is 10.8 Å². The van der Waals surface area contributed by atoms with Crippen molar-refractivity contribution < 1.29 is 14.3 Å². The molecule has 0 unspecified atom stereocenters. The number of ether oxygens (including phenoxy) is 1. The van der Waals surface area contributed by atoms with Crippen LogP contribution in [0.1, 0.15) is 66.2 Å². The van der Waals surface area contributed by atoms with Crippen LogP contribution in [0.3, 0.4) is 0 Å². The lowest BCUT2D eigenvalue weighted by Crippen LogP contribution is -2.51. The maximum absolute atomic E-state index is 12.4. The summed E-state index contributed by atoms with van der Waals surface area (Å²) in [6, 6.07) is 0.115. The molecule has 2 saturated carbocycles. The van der Waals surface area contributed by atoms with Gasteiger partial charge in [-0.05, 0) is 39.0 Å². The summed E-state index contributed by atoms with van der Waals surface area (Å²) in [4.78, 5) is 24.3. The fourth-order valence-corrected chi connectivity index (χ4v) is 3.84. The van der Waals surface area contributed by atoms with Crippen LogP contribution < -0.4 is 5.32 Å². The Morgan fingerprint density at radius 2 is 1.77 bits per heavy atom. The molecule has 0 aromatic carbocycles. The Bertz CT molecular complexity index is 473. The molecular weight excluding hydrogens is 278 g/mol. The Morgan fingerprint density at radius 1 is 1.18 bits per heavy atom. The number of amides is 1. The summed E-state index contributed by atoms with van der Waals surface area (Å²) in [5.74, 6) is -0.227. The Kier molecular flexibility index (Phi) is 4.69. The molecule has 0 radical (unpaired) electrons. The summed E-state index contributed by atoms with van der Waals surface area (Å²) >= 11 is 0. The van der Waals surface area contributed by atoms with Crippen molar-refractivity contribution in [3.05, 3.63) is 12.2 Å². The van der Waals surface area contributed by atoms with Crippen molar-refractivity contribution in [1.29, 1.82) is 0 Å². The van der Waals surface area contributed by atoms with Crippen LogP contribution >= 0.6 is 0 Å². The van der Waals surface area contributed by atoms with E-state index in [-0.39, 0.29) is 29.4 Å². The summed E-state index contributed by atoms with van der Waals surface area (Å²) < 4.78 is 5.72. The van der Waals surface area contributed by atoms with Crippen molar-refractivity contribution in [1.82, 2.24) is 5.32 Å². The van der Waals surface area contributed by atoms with Crippen LogP contribution in [0.2, 0.25) is 0 Å². The molecule has 2 rings (SSSR count). The second-order valence-electron chi connectivity index (χ2n) is 7.97. The van der Waals surface area contributed by atoms with Crippen molar-refractivity contribution >= 4 is 11.9 Å². The minimum absolute atomic E-state index is 0.0774. The molecule has 1 spiro atoms. The molecule has 0 saturated heterocycles. The van der Waals surface area contributed by atoms with E-state index in [1.807, 2.05) is 20.8 Å². The number of esters is 1. The van der Waals surface area contributed by atoms with Crippen molar-refractivity contribution in [2.75, 3.05) is 0 Å². The second kappa shape index (κ2) is 6.05. The molecule has 1 N–H and O–H groups in total. The quantitative estimate of drug-likeness (QED) is 0.642. The van der Waals surface area contributed by atoms with Gasteiger partial charge in [0.15, 0.2) is 0 Å². The van der Waals surface area contributed by atoms with E-state index in [9.17, 15) is 9.59 Å². The first-order chi connectivity index (χ1) is 10.2. The monoisotopic (exact) mass is 307 g/mol. The molecule has 0 aromatic heterocycles. The van der Waals surface area contributed by atoms with Gasteiger partial charge in [-0.25, -0.2) is 4.79 Å². The Balaban J connectivity index is 2.13. The minimum atomic E-state index is -0.397.